The van der Waals surface area contributed by atoms with Gasteiger partial charge in [0.15, 0.2) is 5.78 Å². The van der Waals surface area contributed by atoms with Crippen molar-refractivity contribution in [1.82, 2.24) is 20.2 Å². The van der Waals surface area contributed by atoms with E-state index in [4.69, 9.17) is 5.73 Å². The van der Waals surface area contributed by atoms with Gasteiger partial charge in [-0.15, -0.1) is 0 Å². The zero-order valence-electron chi connectivity index (χ0n) is 16.1. The van der Waals surface area contributed by atoms with Crippen LogP contribution in [0, 0.1) is 0 Å². The van der Waals surface area contributed by atoms with Crippen molar-refractivity contribution in [2.75, 3.05) is 25.4 Å². The summed E-state index contributed by atoms with van der Waals surface area (Å²) in [6, 6.07) is 10.7. The van der Waals surface area contributed by atoms with Gasteiger partial charge >= 0.3 is 0 Å². The van der Waals surface area contributed by atoms with E-state index in [0.717, 1.165) is 18.7 Å². The smallest absolute Gasteiger partial charge is 0.274 e. The van der Waals surface area contributed by atoms with Gasteiger partial charge in [-0.2, -0.15) is 5.10 Å². The van der Waals surface area contributed by atoms with Gasteiger partial charge in [-0.05, 0) is 25.0 Å². The molecule has 2 heterocycles. The second-order valence-electron chi connectivity index (χ2n) is 7.66. The molecule has 0 bridgehead atoms. The topological polar surface area (TPSA) is 93.2 Å². The van der Waals surface area contributed by atoms with E-state index in [0.29, 0.717) is 46.4 Å². The van der Waals surface area contributed by atoms with E-state index in [1.165, 1.54) is 23.9 Å². The maximum Gasteiger partial charge on any atom is 0.274 e. The zero-order valence-corrected chi connectivity index (χ0v) is 16.1. The van der Waals surface area contributed by atoms with E-state index in [-0.39, 0.29) is 11.3 Å². The second-order valence-corrected chi connectivity index (χ2v) is 7.66. The lowest BCUT2D eigenvalue weighted by Gasteiger charge is -2.27. The lowest BCUT2D eigenvalue weighted by molar-refractivity contribution is 0.104. The van der Waals surface area contributed by atoms with Crippen LogP contribution < -0.4 is 16.7 Å². The molecule has 1 aliphatic heterocycles. The number of anilines is 1. The first-order valence-corrected chi connectivity index (χ1v) is 10.1. The van der Waals surface area contributed by atoms with E-state index < -0.39 is 0 Å². The van der Waals surface area contributed by atoms with Crippen LogP contribution in [0.1, 0.15) is 35.2 Å². The Morgan fingerprint density at radius 2 is 1.76 bits per heavy atom. The number of nitrogens with one attached hydrogen (secondary N) is 1. The van der Waals surface area contributed by atoms with Crippen molar-refractivity contribution in [2.24, 2.45) is 0 Å². The molecule has 1 fully saturated rings. The molecule has 1 saturated heterocycles. The number of ketones is 1. The molecule has 0 spiro atoms. The van der Waals surface area contributed by atoms with E-state index in [9.17, 15) is 9.59 Å². The molecule has 3 N–H and O–H groups in total. The summed E-state index contributed by atoms with van der Waals surface area (Å²) in [6.45, 7) is 3.14. The van der Waals surface area contributed by atoms with Crippen molar-refractivity contribution < 1.29 is 4.79 Å². The molecule has 29 heavy (non-hydrogen) atoms. The van der Waals surface area contributed by atoms with E-state index in [2.05, 4.69) is 15.5 Å². The minimum absolute atomic E-state index is 0.151. The maximum atomic E-state index is 13.1. The van der Waals surface area contributed by atoms with Crippen LogP contribution in [0.2, 0.25) is 0 Å². The first-order valence-electron chi connectivity index (χ1n) is 10.1. The summed E-state index contributed by atoms with van der Waals surface area (Å²) in [5.74, 6) is -0.151. The summed E-state index contributed by atoms with van der Waals surface area (Å²) in [4.78, 5) is 26.1. The van der Waals surface area contributed by atoms with Crippen molar-refractivity contribution in [3.05, 3.63) is 57.9 Å². The fourth-order valence-electron chi connectivity index (χ4n) is 4.37. The summed E-state index contributed by atoms with van der Waals surface area (Å²) in [7, 11) is 0. The lowest BCUT2D eigenvalue weighted by atomic mass is 9.85. The predicted octanol–water partition coefficient (Wildman–Crippen LogP) is 2.18. The molecular weight excluding hydrogens is 366 g/mol. The molecule has 2 aromatic carbocycles. The van der Waals surface area contributed by atoms with Crippen molar-refractivity contribution in [1.29, 1.82) is 0 Å². The molecule has 148 valence electrons. The number of aromatic nitrogens is 2. The van der Waals surface area contributed by atoms with Gasteiger partial charge < -0.3 is 5.73 Å². The van der Waals surface area contributed by atoms with Crippen LogP contribution in [0.25, 0.3) is 22.0 Å². The van der Waals surface area contributed by atoms with Gasteiger partial charge in [0.1, 0.15) is 5.69 Å². The largest absolute Gasteiger partial charge is 0.398 e. The lowest BCUT2D eigenvalue weighted by Crippen LogP contribution is -2.43. The fourth-order valence-corrected chi connectivity index (χ4v) is 4.37. The Balaban J connectivity index is 1.59. The quantitative estimate of drug-likeness (QED) is 0.520. The summed E-state index contributed by atoms with van der Waals surface area (Å²) in [5.41, 5.74) is 12.1. The molecule has 0 unspecified atom stereocenters. The number of carbonyl (C=O) groups is 1. The van der Waals surface area contributed by atoms with Crippen molar-refractivity contribution in [2.45, 2.75) is 25.8 Å². The first kappa shape index (κ1) is 18.0. The van der Waals surface area contributed by atoms with Crippen LogP contribution >= 0.6 is 0 Å². The van der Waals surface area contributed by atoms with E-state index in [1.807, 2.05) is 18.2 Å². The third kappa shape index (κ3) is 2.94. The predicted molar refractivity (Wildman–Crippen MR) is 113 cm³/mol. The third-order valence-electron chi connectivity index (χ3n) is 5.83. The maximum absolute atomic E-state index is 13.1. The van der Waals surface area contributed by atoms with Crippen LogP contribution in [0.4, 0.5) is 5.69 Å². The van der Waals surface area contributed by atoms with Crippen molar-refractivity contribution >= 4 is 22.2 Å². The van der Waals surface area contributed by atoms with Crippen LogP contribution in [-0.4, -0.2) is 40.2 Å². The number of piperidine rings is 1. The molecule has 7 nitrogen and oxygen atoms in total. The SMILES string of the molecule is Nc1ccc2c(=O)n(CCNN3CCCCC3)nc3c2c1C(=O)c1ccccc1-3. The molecule has 0 saturated carbocycles. The number of fused-ring (bicyclic) bond motifs is 2. The molecular formula is C22H23N5O2. The highest BCUT2D eigenvalue weighted by molar-refractivity contribution is 6.27. The van der Waals surface area contributed by atoms with Crippen LogP contribution in [0.5, 0.6) is 0 Å². The minimum Gasteiger partial charge on any atom is -0.398 e. The molecule has 0 amide bonds. The monoisotopic (exact) mass is 389 g/mol. The molecule has 5 rings (SSSR count). The van der Waals surface area contributed by atoms with E-state index in [1.54, 1.807) is 18.2 Å². The number of hydrazine groups is 1. The summed E-state index contributed by atoms with van der Waals surface area (Å²) in [5, 5.41) is 7.94. The van der Waals surface area contributed by atoms with E-state index >= 15 is 0 Å². The Hall–Kier alpha value is -3.03. The van der Waals surface area contributed by atoms with Crippen LogP contribution in [-0.2, 0) is 6.54 Å². The Morgan fingerprint density at radius 1 is 1.00 bits per heavy atom. The van der Waals surface area contributed by atoms with Gasteiger partial charge in [0.05, 0.1) is 17.5 Å². The van der Waals surface area contributed by atoms with Gasteiger partial charge in [0, 0.05) is 41.8 Å². The van der Waals surface area contributed by atoms with Crippen molar-refractivity contribution in [3.63, 3.8) is 0 Å². The second kappa shape index (κ2) is 7.09. The molecule has 0 atom stereocenters. The van der Waals surface area contributed by atoms with Gasteiger partial charge in [0.25, 0.3) is 5.56 Å². The Kier molecular flexibility index (Phi) is 4.41. The third-order valence-corrected chi connectivity index (χ3v) is 5.83. The molecule has 1 aliphatic carbocycles. The molecule has 2 aliphatic rings. The normalized spacial score (nSPS) is 16.2. The number of rotatable bonds is 4. The van der Waals surface area contributed by atoms with Gasteiger partial charge in [-0.1, -0.05) is 30.7 Å². The molecule has 3 aromatic rings. The highest BCUT2D eigenvalue weighted by atomic mass is 16.1. The number of hydrogen-bond donors (Lipinski definition) is 2. The number of carbonyl (C=O) groups excluding carboxylic acids is 1. The summed E-state index contributed by atoms with van der Waals surface area (Å²) >= 11 is 0. The number of benzene rings is 2. The zero-order chi connectivity index (χ0) is 20.0. The summed E-state index contributed by atoms with van der Waals surface area (Å²) < 4.78 is 1.50. The van der Waals surface area contributed by atoms with Crippen LogP contribution in [0.3, 0.4) is 0 Å². The van der Waals surface area contributed by atoms with Gasteiger partial charge in [0.2, 0.25) is 0 Å². The Bertz CT molecular complexity index is 1180. The fraction of sp³-hybridized carbons (Fsp3) is 0.318. The summed E-state index contributed by atoms with van der Waals surface area (Å²) in [6.07, 6.45) is 3.66. The number of nitrogens with zero attached hydrogens (tertiary/aromatic N) is 3. The van der Waals surface area contributed by atoms with Crippen LogP contribution in [0.15, 0.2) is 41.2 Å². The standard InChI is InChI=1S/C22H23N5O2/c23-17-9-8-16-18-19(17)21(28)15-7-3-2-6-14(15)20(18)25-27(22(16)29)13-10-24-26-11-4-1-5-12-26/h2-3,6-9,24H,1,4-5,10-13,23H2. The Morgan fingerprint density at radius 3 is 2.55 bits per heavy atom. The minimum atomic E-state index is -0.197. The number of nitrogens with two attached hydrogens (primary N) is 1. The molecule has 7 heteroatoms. The molecule has 1 aromatic heterocycles. The van der Waals surface area contributed by atoms with Gasteiger partial charge in [-0.3, -0.25) is 15.0 Å². The molecule has 0 radical (unpaired) electrons. The van der Waals surface area contributed by atoms with Gasteiger partial charge in [-0.25, -0.2) is 9.69 Å². The van der Waals surface area contributed by atoms with Crippen molar-refractivity contribution in [3.8, 4) is 11.3 Å². The highest BCUT2D eigenvalue weighted by Crippen LogP contribution is 2.39. The number of hydrogen-bond acceptors (Lipinski definition) is 6. The highest BCUT2D eigenvalue weighted by Gasteiger charge is 2.29. The number of nitrogen functional groups attached to an aromatic ring is 1. The Labute approximate surface area is 168 Å². The average Bonchev–Trinajstić information content (AvgIpc) is 2.75. The average molecular weight is 389 g/mol. The first-order chi connectivity index (χ1) is 14.1.